The highest BCUT2D eigenvalue weighted by Gasteiger charge is 2.31. The number of hydrogen-bond donors (Lipinski definition) is 1. The van der Waals surface area contributed by atoms with E-state index in [-0.39, 0.29) is 44.2 Å². The zero-order valence-electron chi connectivity index (χ0n) is 23.3. The molecule has 1 atom stereocenters. The maximum atomic E-state index is 13.8. The highest BCUT2D eigenvalue weighted by molar-refractivity contribution is 7.92. The zero-order valence-corrected chi connectivity index (χ0v) is 25.7. The Kier molecular flexibility index (Phi) is 11.9. The van der Waals surface area contributed by atoms with E-state index in [2.05, 4.69) is 5.32 Å². The van der Waals surface area contributed by atoms with Crippen LogP contribution in [0, 0.1) is 0 Å². The second-order valence-electron chi connectivity index (χ2n) is 9.46. The van der Waals surface area contributed by atoms with Crippen molar-refractivity contribution >= 4 is 50.7 Å². The van der Waals surface area contributed by atoms with Gasteiger partial charge in [-0.15, -0.1) is 0 Å². The van der Waals surface area contributed by atoms with Crippen LogP contribution in [0.25, 0.3) is 0 Å². The lowest BCUT2D eigenvalue weighted by molar-refractivity contribution is -0.141. The number of carbonyl (C=O) groups excluding carboxylic acids is 2. The Morgan fingerprint density at radius 1 is 0.951 bits per heavy atom. The fourth-order valence-corrected chi connectivity index (χ4v) is 5.93. The van der Waals surface area contributed by atoms with Crippen molar-refractivity contribution in [2.24, 2.45) is 0 Å². The van der Waals surface area contributed by atoms with Crippen molar-refractivity contribution < 1.29 is 22.7 Å². The number of nitrogens with one attached hydrogen (secondary N) is 1. The van der Waals surface area contributed by atoms with Crippen LogP contribution < -0.4 is 14.4 Å². The van der Waals surface area contributed by atoms with Gasteiger partial charge in [0.2, 0.25) is 21.8 Å². The summed E-state index contributed by atoms with van der Waals surface area (Å²) >= 11 is 12.9. The minimum absolute atomic E-state index is 0.00502. The van der Waals surface area contributed by atoms with E-state index in [1.165, 1.54) is 16.3 Å². The minimum Gasteiger partial charge on any atom is -0.497 e. The normalized spacial score (nSPS) is 11.9. The summed E-state index contributed by atoms with van der Waals surface area (Å²) in [5.41, 5.74) is 1.88. The van der Waals surface area contributed by atoms with Gasteiger partial charge in [-0.3, -0.25) is 13.9 Å². The Labute approximate surface area is 252 Å². The summed E-state index contributed by atoms with van der Waals surface area (Å²) < 4.78 is 31.6. The number of anilines is 1. The van der Waals surface area contributed by atoms with Crippen molar-refractivity contribution in [3.05, 3.63) is 94.0 Å². The van der Waals surface area contributed by atoms with E-state index in [1.54, 1.807) is 42.5 Å². The van der Waals surface area contributed by atoms with Crippen LogP contribution in [0.4, 0.5) is 5.69 Å². The topological polar surface area (TPSA) is 96.0 Å². The molecule has 41 heavy (non-hydrogen) atoms. The predicted molar refractivity (Wildman–Crippen MR) is 164 cm³/mol. The maximum Gasteiger partial charge on any atom is 0.243 e. The lowest BCUT2D eigenvalue weighted by Gasteiger charge is -2.32. The molecule has 11 heteroatoms. The van der Waals surface area contributed by atoms with Crippen LogP contribution >= 0.6 is 23.2 Å². The lowest BCUT2D eigenvalue weighted by atomic mass is 10.0. The molecule has 0 unspecified atom stereocenters. The molecule has 0 spiro atoms. The molecular formula is C30H35Cl2N3O5S. The summed E-state index contributed by atoms with van der Waals surface area (Å²) in [7, 11) is -2.09. The van der Waals surface area contributed by atoms with Crippen LogP contribution in [0.3, 0.4) is 0 Å². The summed E-state index contributed by atoms with van der Waals surface area (Å²) in [4.78, 5) is 28.7. The monoisotopic (exact) mass is 619 g/mol. The average Bonchev–Trinajstić information content (AvgIpc) is 2.94. The molecule has 220 valence electrons. The van der Waals surface area contributed by atoms with Gasteiger partial charge in [0.15, 0.2) is 0 Å². The number of benzene rings is 3. The van der Waals surface area contributed by atoms with E-state index in [0.717, 1.165) is 11.8 Å². The molecule has 0 fully saturated rings. The number of hydrogen-bond acceptors (Lipinski definition) is 5. The lowest BCUT2D eigenvalue weighted by Crippen LogP contribution is -2.50. The van der Waals surface area contributed by atoms with Crippen LogP contribution in [-0.4, -0.2) is 57.6 Å². The van der Waals surface area contributed by atoms with Gasteiger partial charge in [0.1, 0.15) is 11.8 Å². The first-order chi connectivity index (χ1) is 19.5. The van der Waals surface area contributed by atoms with Gasteiger partial charge in [0.05, 0.1) is 19.1 Å². The van der Waals surface area contributed by atoms with Crippen LogP contribution in [0.5, 0.6) is 5.75 Å². The van der Waals surface area contributed by atoms with Crippen molar-refractivity contribution in [2.75, 3.05) is 30.8 Å². The number of sulfonamides is 1. The Balaban J connectivity index is 1.89. The van der Waals surface area contributed by atoms with Gasteiger partial charge in [-0.25, -0.2) is 8.42 Å². The molecule has 0 radical (unpaired) electrons. The molecule has 0 aromatic heterocycles. The summed E-state index contributed by atoms with van der Waals surface area (Å²) in [6.45, 7) is 2.29. The average molecular weight is 621 g/mol. The quantitative estimate of drug-likeness (QED) is 0.263. The SMILES string of the molecule is CCNC(=O)[C@@H](Cc1ccccc1)N(Cc1c(Cl)cccc1Cl)C(=O)CCCN(c1ccc(OC)cc1)S(C)(=O)=O. The van der Waals surface area contributed by atoms with E-state index < -0.39 is 16.1 Å². The molecule has 0 saturated heterocycles. The summed E-state index contributed by atoms with van der Waals surface area (Å²) in [6, 6.07) is 20.3. The number of ether oxygens (including phenoxy) is 1. The summed E-state index contributed by atoms with van der Waals surface area (Å²) in [5.74, 6) is -0.0266. The fourth-order valence-electron chi connectivity index (χ4n) is 4.45. The van der Waals surface area contributed by atoms with Gasteiger partial charge in [-0.1, -0.05) is 59.6 Å². The van der Waals surface area contributed by atoms with Crippen LogP contribution in [-0.2, 0) is 32.6 Å². The molecule has 1 N–H and O–H groups in total. The molecule has 3 aromatic rings. The van der Waals surface area contributed by atoms with Gasteiger partial charge in [0.25, 0.3) is 0 Å². The highest BCUT2D eigenvalue weighted by atomic mass is 35.5. The molecule has 0 bridgehead atoms. The number of likely N-dealkylation sites (N-methyl/N-ethyl adjacent to an activating group) is 1. The second kappa shape index (κ2) is 15.1. The number of carbonyl (C=O) groups is 2. The summed E-state index contributed by atoms with van der Waals surface area (Å²) in [6.07, 6.45) is 1.62. The van der Waals surface area contributed by atoms with E-state index in [0.29, 0.717) is 33.6 Å². The van der Waals surface area contributed by atoms with Gasteiger partial charge >= 0.3 is 0 Å². The Morgan fingerprint density at radius 3 is 2.15 bits per heavy atom. The van der Waals surface area contributed by atoms with Crippen molar-refractivity contribution in [2.45, 2.75) is 38.8 Å². The third-order valence-electron chi connectivity index (χ3n) is 6.52. The molecule has 0 aliphatic rings. The third kappa shape index (κ3) is 9.11. The van der Waals surface area contributed by atoms with E-state index in [9.17, 15) is 18.0 Å². The standard InChI is InChI=1S/C30H35Cl2N3O5S/c1-4-33-30(37)28(20-22-10-6-5-7-11-22)34(21-25-26(31)12-8-13-27(25)32)29(36)14-9-19-35(41(3,38)39)23-15-17-24(40-2)18-16-23/h5-8,10-13,15-18,28H,4,9,14,19-21H2,1-3H3,(H,33,37)/t28-/m1/s1. The number of rotatable bonds is 14. The van der Waals surface area contributed by atoms with Gasteiger partial charge < -0.3 is 15.0 Å². The highest BCUT2D eigenvalue weighted by Crippen LogP contribution is 2.28. The predicted octanol–water partition coefficient (Wildman–Crippen LogP) is 5.32. The van der Waals surface area contributed by atoms with Crippen LogP contribution in [0.2, 0.25) is 10.0 Å². The van der Waals surface area contributed by atoms with Crippen molar-refractivity contribution in [1.82, 2.24) is 10.2 Å². The van der Waals surface area contributed by atoms with E-state index in [4.69, 9.17) is 27.9 Å². The fraction of sp³-hybridized carbons (Fsp3) is 0.333. The summed E-state index contributed by atoms with van der Waals surface area (Å²) in [5, 5.41) is 3.61. The molecule has 0 aliphatic heterocycles. The van der Waals surface area contributed by atoms with Gasteiger partial charge in [-0.2, -0.15) is 0 Å². The first-order valence-corrected chi connectivity index (χ1v) is 15.8. The smallest absolute Gasteiger partial charge is 0.243 e. The Bertz CT molecular complexity index is 1400. The van der Waals surface area contributed by atoms with Crippen molar-refractivity contribution in [1.29, 1.82) is 0 Å². The number of halogens is 2. The first kappa shape index (κ1) is 32.2. The van der Waals surface area contributed by atoms with Gasteiger partial charge in [0, 0.05) is 48.1 Å². The molecule has 0 aliphatic carbocycles. The largest absolute Gasteiger partial charge is 0.497 e. The number of methoxy groups -OCH3 is 1. The molecule has 3 rings (SSSR count). The molecule has 2 amide bonds. The number of nitrogens with zero attached hydrogens (tertiary/aromatic N) is 2. The Morgan fingerprint density at radius 2 is 1.59 bits per heavy atom. The van der Waals surface area contributed by atoms with Crippen molar-refractivity contribution in [3.63, 3.8) is 0 Å². The molecule has 0 saturated carbocycles. The minimum atomic E-state index is -3.62. The van der Waals surface area contributed by atoms with Crippen molar-refractivity contribution in [3.8, 4) is 5.75 Å². The third-order valence-corrected chi connectivity index (χ3v) is 8.43. The molecular weight excluding hydrogens is 585 g/mol. The maximum absolute atomic E-state index is 13.8. The number of amides is 2. The van der Waals surface area contributed by atoms with Gasteiger partial charge in [-0.05, 0) is 55.3 Å². The zero-order chi connectivity index (χ0) is 30.0. The molecule has 0 heterocycles. The van der Waals surface area contributed by atoms with E-state index in [1.807, 2.05) is 37.3 Å². The van der Waals surface area contributed by atoms with Crippen LogP contribution in [0.15, 0.2) is 72.8 Å². The second-order valence-corrected chi connectivity index (χ2v) is 12.2. The van der Waals surface area contributed by atoms with E-state index >= 15 is 0 Å². The van der Waals surface area contributed by atoms with Crippen LogP contribution in [0.1, 0.15) is 30.9 Å². The Hall–Kier alpha value is -3.27. The molecule has 3 aromatic carbocycles. The molecule has 8 nitrogen and oxygen atoms in total. The first-order valence-electron chi connectivity index (χ1n) is 13.2.